The van der Waals surface area contributed by atoms with Gasteiger partial charge in [-0.1, -0.05) is 30.3 Å². The minimum atomic E-state index is 0.878. The minimum absolute atomic E-state index is 0.878. The average molecular weight is 359 g/mol. The lowest BCUT2D eigenvalue weighted by Gasteiger charge is -2.36. The van der Waals surface area contributed by atoms with Gasteiger partial charge < -0.3 is 14.7 Å². The summed E-state index contributed by atoms with van der Waals surface area (Å²) in [5, 5.41) is 1.17. The molecule has 0 spiro atoms. The van der Waals surface area contributed by atoms with Crippen LogP contribution in [-0.4, -0.2) is 49.2 Å². The Hall–Kier alpha value is -2.82. The molecule has 3 heterocycles. The van der Waals surface area contributed by atoms with Crippen LogP contribution in [0.15, 0.2) is 54.6 Å². The van der Waals surface area contributed by atoms with Crippen molar-refractivity contribution in [3.05, 3.63) is 54.6 Å². The Morgan fingerprint density at radius 3 is 2.04 bits per heavy atom. The largest absolute Gasteiger partial charge is 0.368 e. The van der Waals surface area contributed by atoms with Gasteiger partial charge in [-0.3, -0.25) is 0 Å². The highest BCUT2D eigenvalue weighted by atomic mass is 15.3. The molecule has 0 bridgehead atoms. The van der Waals surface area contributed by atoms with Gasteiger partial charge in [0.25, 0.3) is 0 Å². The number of para-hydroxylation sites is 2. The highest BCUT2D eigenvalue weighted by molar-refractivity contribution is 5.90. The van der Waals surface area contributed by atoms with E-state index in [0.29, 0.717) is 0 Å². The normalized spacial score (nSPS) is 17.7. The minimum Gasteiger partial charge on any atom is -0.368 e. The summed E-state index contributed by atoms with van der Waals surface area (Å²) in [4.78, 5) is 17.1. The summed E-state index contributed by atoms with van der Waals surface area (Å²) in [7, 11) is 0. The summed E-state index contributed by atoms with van der Waals surface area (Å²) in [5.74, 6) is 1.99. The molecule has 0 unspecified atom stereocenters. The zero-order valence-electron chi connectivity index (χ0n) is 15.6. The lowest BCUT2D eigenvalue weighted by Crippen LogP contribution is -2.47. The molecule has 27 heavy (non-hydrogen) atoms. The molecule has 0 amide bonds. The summed E-state index contributed by atoms with van der Waals surface area (Å²) in [6.07, 6.45) is 2.51. The van der Waals surface area contributed by atoms with E-state index in [9.17, 15) is 0 Å². The highest BCUT2D eigenvalue weighted by Crippen LogP contribution is 2.29. The van der Waals surface area contributed by atoms with Gasteiger partial charge in [-0.25, -0.2) is 4.98 Å². The van der Waals surface area contributed by atoms with Crippen molar-refractivity contribution in [1.29, 1.82) is 0 Å². The van der Waals surface area contributed by atoms with E-state index in [4.69, 9.17) is 9.97 Å². The molecule has 0 radical (unpaired) electrons. The molecule has 0 atom stereocenters. The number of aromatic nitrogens is 2. The van der Waals surface area contributed by atoms with Crippen molar-refractivity contribution in [1.82, 2.24) is 9.97 Å². The number of rotatable bonds is 3. The Bertz CT molecular complexity index is 912. The van der Waals surface area contributed by atoms with Crippen molar-refractivity contribution < 1.29 is 0 Å². The third-order valence-electron chi connectivity index (χ3n) is 5.66. The van der Waals surface area contributed by atoms with Gasteiger partial charge in [0.05, 0.1) is 5.52 Å². The van der Waals surface area contributed by atoms with Crippen LogP contribution in [0, 0.1) is 0 Å². The van der Waals surface area contributed by atoms with E-state index in [-0.39, 0.29) is 0 Å². The van der Waals surface area contributed by atoms with Crippen molar-refractivity contribution in [2.45, 2.75) is 12.8 Å². The van der Waals surface area contributed by atoms with E-state index in [1.165, 1.54) is 23.9 Å². The zero-order valence-corrected chi connectivity index (χ0v) is 15.6. The maximum absolute atomic E-state index is 5.03. The van der Waals surface area contributed by atoms with Crippen LogP contribution in [-0.2, 0) is 0 Å². The first-order valence-corrected chi connectivity index (χ1v) is 9.95. The highest BCUT2D eigenvalue weighted by Gasteiger charge is 2.23. The Balaban J connectivity index is 1.42. The second kappa shape index (κ2) is 7.06. The second-order valence-electron chi connectivity index (χ2n) is 7.37. The predicted molar refractivity (Wildman–Crippen MR) is 112 cm³/mol. The molecule has 2 fully saturated rings. The Morgan fingerprint density at radius 2 is 1.26 bits per heavy atom. The topological polar surface area (TPSA) is 35.5 Å². The number of benzene rings is 2. The van der Waals surface area contributed by atoms with Gasteiger partial charge in [0.2, 0.25) is 5.95 Å². The molecule has 2 aromatic carbocycles. The van der Waals surface area contributed by atoms with Crippen molar-refractivity contribution in [2.24, 2.45) is 0 Å². The van der Waals surface area contributed by atoms with Crippen LogP contribution in [0.25, 0.3) is 10.9 Å². The second-order valence-corrected chi connectivity index (χ2v) is 7.37. The molecule has 0 saturated carbocycles. The SMILES string of the molecule is c1ccc(N2CCN(c3nc(N4CCCC4)c4ccccc4n3)CC2)cc1. The van der Waals surface area contributed by atoms with E-state index in [0.717, 1.165) is 56.6 Å². The van der Waals surface area contributed by atoms with Crippen LogP contribution in [0.2, 0.25) is 0 Å². The van der Waals surface area contributed by atoms with Crippen molar-refractivity contribution in [2.75, 3.05) is 54.0 Å². The van der Waals surface area contributed by atoms with E-state index in [1.807, 2.05) is 0 Å². The number of hydrogen-bond acceptors (Lipinski definition) is 5. The Labute approximate surface area is 160 Å². The molecule has 5 rings (SSSR count). The zero-order chi connectivity index (χ0) is 18.1. The summed E-state index contributed by atoms with van der Waals surface area (Å²) in [6.45, 7) is 6.10. The summed E-state index contributed by atoms with van der Waals surface area (Å²) < 4.78 is 0. The van der Waals surface area contributed by atoms with Crippen LogP contribution in [0.4, 0.5) is 17.5 Å². The lowest BCUT2D eigenvalue weighted by molar-refractivity contribution is 0.641. The molecule has 5 heteroatoms. The fraction of sp³-hybridized carbons (Fsp3) is 0.364. The van der Waals surface area contributed by atoms with E-state index < -0.39 is 0 Å². The molecule has 1 aromatic heterocycles. The smallest absolute Gasteiger partial charge is 0.228 e. The van der Waals surface area contributed by atoms with Crippen LogP contribution < -0.4 is 14.7 Å². The van der Waals surface area contributed by atoms with Gasteiger partial charge in [0.1, 0.15) is 5.82 Å². The van der Waals surface area contributed by atoms with Gasteiger partial charge >= 0.3 is 0 Å². The molecule has 2 aliphatic heterocycles. The van der Waals surface area contributed by atoms with E-state index in [1.54, 1.807) is 0 Å². The Kier molecular flexibility index (Phi) is 4.28. The van der Waals surface area contributed by atoms with Gasteiger partial charge in [0.15, 0.2) is 0 Å². The molecule has 2 aliphatic rings. The molecule has 138 valence electrons. The van der Waals surface area contributed by atoms with Crippen LogP contribution >= 0.6 is 0 Å². The molecular formula is C22H25N5. The van der Waals surface area contributed by atoms with Crippen LogP contribution in [0.3, 0.4) is 0 Å². The maximum atomic E-state index is 5.03. The molecular weight excluding hydrogens is 334 g/mol. The monoisotopic (exact) mass is 359 g/mol. The van der Waals surface area contributed by atoms with Crippen LogP contribution in [0.1, 0.15) is 12.8 Å². The number of nitrogens with zero attached hydrogens (tertiary/aromatic N) is 5. The van der Waals surface area contributed by atoms with Crippen molar-refractivity contribution >= 4 is 28.4 Å². The molecule has 2 saturated heterocycles. The van der Waals surface area contributed by atoms with Gasteiger partial charge in [-0.15, -0.1) is 0 Å². The van der Waals surface area contributed by atoms with Crippen molar-refractivity contribution in [3.8, 4) is 0 Å². The average Bonchev–Trinajstić information content (AvgIpc) is 3.28. The molecule has 0 aliphatic carbocycles. The van der Waals surface area contributed by atoms with Crippen LogP contribution in [0.5, 0.6) is 0 Å². The maximum Gasteiger partial charge on any atom is 0.228 e. The third-order valence-corrected chi connectivity index (χ3v) is 5.66. The van der Waals surface area contributed by atoms with E-state index in [2.05, 4.69) is 69.3 Å². The Morgan fingerprint density at radius 1 is 0.593 bits per heavy atom. The van der Waals surface area contributed by atoms with Crippen molar-refractivity contribution in [3.63, 3.8) is 0 Å². The predicted octanol–water partition coefficient (Wildman–Crippen LogP) is 3.56. The summed E-state index contributed by atoms with van der Waals surface area (Å²) in [5.41, 5.74) is 2.35. The number of anilines is 3. The quantitative estimate of drug-likeness (QED) is 0.715. The number of fused-ring (bicyclic) bond motifs is 1. The molecule has 3 aromatic rings. The summed E-state index contributed by atoms with van der Waals surface area (Å²) >= 11 is 0. The lowest BCUT2D eigenvalue weighted by atomic mass is 10.2. The first kappa shape index (κ1) is 16.4. The fourth-order valence-corrected chi connectivity index (χ4v) is 4.16. The third kappa shape index (κ3) is 3.18. The van der Waals surface area contributed by atoms with Gasteiger partial charge in [0, 0.05) is 50.3 Å². The molecule has 0 N–H and O–H groups in total. The first-order valence-electron chi connectivity index (χ1n) is 9.95. The first-order chi connectivity index (χ1) is 13.4. The van der Waals surface area contributed by atoms with E-state index >= 15 is 0 Å². The standard InChI is InChI=1S/C22H25N5/c1-2-8-18(9-3-1)25-14-16-27(17-15-25)22-23-20-11-5-4-10-19(20)21(24-22)26-12-6-7-13-26/h1-5,8-11H,6-7,12-17H2. The molecule has 5 nitrogen and oxygen atoms in total. The fourth-order valence-electron chi connectivity index (χ4n) is 4.16. The summed E-state index contributed by atoms with van der Waals surface area (Å²) in [6, 6.07) is 19.1. The van der Waals surface area contributed by atoms with Gasteiger partial charge in [-0.2, -0.15) is 4.98 Å². The number of piperazine rings is 1. The number of hydrogen-bond donors (Lipinski definition) is 0. The van der Waals surface area contributed by atoms with Gasteiger partial charge in [-0.05, 0) is 37.1 Å².